The van der Waals surface area contributed by atoms with Gasteiger partial charge in [0.2, 0.25) is 0 Å². The van der Waals surface area contributed by atoms with Crippen molar-refractivity contribution in [3.63, 3.8) is 0 Å². The quantitative estimate of drug-likeness (QED) is 0.553. The van der Waals surface area contributed by atoms with Crippen LogP contribution in [0, 0.1) is 27.7 Å². The first-order valence-electron chi connectivity index (χ1n) is 8.21. The van der Waals surface area contributed by atoms with Crippen LogP contribution in [0.3, 0.4) is 0 Å². The fourth-order valence-corrected chi connectivity index (χ4v) is 3.07. The Hall–Kier alpha value is -3.08. The van der Waals surface area contributed by atoms with Crippen molar-refractivity contribution in [3.8, 4) is 5.69 Å². The van der Waals surface area contributed by atoms with Gasteiger partial charge in [-0.25, -0.2) is 5.43 Å². The molecule has 0 bridgehead atoms. The Kier molecular flexibility index (Phi) is 4.57. The van der Waals surface area contributed by atoms with Crippen molar-refractivity contribution in [1.82, 2.24) is 15.0 Å². The van der Waals surface area contributed by atoms with Gasteiger partial charge >= 0.3 is 0 Å². The molecule has 5 heteroatoms. The number of carbonyl (C=O) groups excluding carboxylic acids is 1. The highest BCUT2D eigenvalue weighted by Crippen LogP contribution is 2.20. The summed E-state index contributed by atoms with van der Waals surface area (Å²) in [7, 11) is 0. The van der Waals surface area contributed by atoms with Gasteiger partial charge in [0.15, 0.2) is 0 Å². The molecule has 0 saturated carbocycles. The maximum Gasteiger partial charge on any atom is 0.273 e. The van der Waals surface area contributed by atoms with Crippen LogP contribution in [0.4, 0.5) is 0 Å². The number of H-pyrrole nitrogens is 1. The number of carbonyl (C=O) groups is 1. The van der Waals surface area contributed by atoms with Gasteiger partial charge in [-0.3, -0.25) is 4.79 Å². The zero-order valence-electron chi connectivity index (χ0n) is 14.9. The van der Waals surface area contributed by atoms with Crippen LogP contribution in [0.25, 0.3) is 5.69 Å². The van der Waals surface area contributed by atoms with E-state index in [1.807, 2.05) is 70.2 Å². The molecule has 128 valence electrons. The van der Waals surface area contributed by atoms with Crippen molar-refractivity contribution < 1.29 is 4.79 Å². The molecule has 3 aromatic rings. The summed E-state index contributed by atoms with van der Waals surface area (Å²) in [5.41, 5.74) is 9.25. The number of amides is 1. The normalized spacial score (nSPS) is 11.2. The van der Waals surface area contributed by atoms with Crippen LogP contribution >= 0.6 is 0 Å². The number of hydrazone groups is 1. The fraction of sp³-hybridized carbons (Fsp3) is 0.200. The molecule has 5 nitrogen and oxygen atoms in total. The zero-order chi connectivity index (χ0) is 18.0. The SMILES string of the molecule is Cc1cc(/C=N/NC(=O)c2cc(C)n(-c3ccccc3)c2C)c(C)[nH]1. The highest BCUT2D eigenvalue weighted by Gasteiger charge is 2.16. The molecule has 0 aliphatic heterocycles. The molecule has 0 spiro atoms. The van der Waals surface area contributed by atoms with Crippen molar-refractivity contribution >= 4 is 12.1 Å². The average Bonchev–Trinajstić information content (AvgIpc) is 3.06. The van der Waals surface area contributed by atoms with E-state index in [4.69, 9.17) is 0 Å². The smallest absolute Gasteiger partial charge is 0.273 e. The minimum atomic E-state index is -0.212. The van der Waals surface area contributed by atoms with E-state index >= 15 is 0 Å². The number of rotatable bonds is 4. The summed E-state index contributed by atoms with van der Waals surface area (Å²) < 4.78 is 2.07. The lowest BCUT2D eigenvalue weighted by atomic mass is 10.2. The molecule has 0 aliphatic carbocycles. The maximum absolute atomic E-state index is 12.5. The highest BCUT2D eigenvalue weighted by molar-refractivity contribution is 5.96. The molecule has 0 unspecified atom stereocenters. The molecular formula is C20H22N4O. The van der Waals surface area contributed by atoms with Gasteiger partial charge < -0.3 is 9.55 Å². The molecule has 0 atom stereocenters. The molecule has 1 aromatic carbocycles. The van der Waals surface area contributed by atoms with Crippen LogP contribution < -0.4 is 5.43 Å². The van der Waals surface area contributed by atoms with E-state index < -0.39 is 0 Å². The fourth-order valence-electron chi connectivity index (χ4n) is 3.07. The number of benzene rings is 1. The van der Waals surface area contributed by atoms with Crippen molar-refractivity contribution in [2.75, 3.05) is 0 Å². The topological polar surface area (TPSA) is 62.2 Å². The highest BCUT2D eigenvalue weighted by atomic mass is 16.2. The van der Waals surface area contributed by atoms with E-state index in [1.165, 1.54) is 0 Å². The second-order valence-electron chi connectivity index (χ2n) is 6.19. The molecule has 3 rings (SSSR count). The third-order valence-electron chi connectivity index (χ3n) is 4.25. The van der Waals surface area contributed by atoms with Crippen LogP contribution in [0.2, 0.25) is 0 Å². The first-order chi connectivity index (χ1) is 12.0. The lowest BCUT2D eigenvalue weighted by Crippen LogP contribution is -2.18. The predicted molar refractivity (Wildman–Crippen MR) is 101 cm³/mol. The summed E-state index contributed by atoms with van der Waals surface area (Å²) in [6, 6.07) is 13.9. The van der Waals surface area contributed by atoms with Gasteiger partial charge in [-0.2, -0.15) is 5.10 Å². The third-order valence-corrected chi connectivity index (χ3v) is 4.25. The second-order valence-corrected chi connectivity index (χ2v) is 6.19. The lowest BCUT2D eigenvalue weighted by Gasteiger charge is -2.09. The van der Waals surface area contributed by atoms with Crippen LogP contribution in [0.15, 0.2) is 47.6 Å². The summed E-state index contributed by atoms with van der Waals surface area (Å²) in [5.74, 6) is -0.212. The van der Waals surface area contributed by atoms with E-state index in [0.29, 0.717) is 5.56 Å². The number of hydrogen-bond acceptors (Lipinski definition) is 2. The summed E-state index contributed by atoms with van der Waals surface area (Å²) in [5, 5.41) is 4.09. The zero-order valence-corrected chi connectivity index (χ0v) is 14.9. The molecule has 0 fully saturated rings. The second kappa shape index (κ2) is 6.81. The van der Waals surface area contributed by atoms with Gasteiger partial charge in [0.1, 0.15) is 0 Å². The Morgan fingerprint density at radius 2 is 1.84 bits per heavy atom. The summed E-state index contributed by atoms with van der Waals surface area (Å²) in [4.78, 5) is 15.7. The number of aromatic amines is 1. The van der Waals surface area contributed by atoms with Crippen molar-refractivity contribution in [1.29, 1.82) is 0 Å². The van der Waals surface area contributed by atoms with Gasteiger partial charge in [0.25, 0.3) is 5.91 Å². The van der Waals surface area contributed by atoms with Crippen molar-refractivity contribution in [2.24, 2.45) is 5.10 Å². The van der Waals surface area contributed by atoms with Crippen LogP contribution in [-0.2, 0) is 0 Å². The van der Waals surface area contributed by atoms with E-state index in [1.54, 1.807) is 6.21 Å². The minimum Gasteiger partial charge on any atom is -0.362 e. The number of aryl methyl sites for hydroxylation is 3. The Morgan fingerprint density at radius 1 is 1.12 bits per heavy atom. The molecule has 2 aromatic heterocycles. The van der Waals surface area contributed by atoms with Crippen molar-refractivity contribution in [3.05, 3.63) is 76.4 Å². The number of para-hydroxylation sites is 1. The number of aromatic nitrogens is 2. The van der Waals surface area contributed by atoms with Gasteiger partial charge in [-0.1, -0.05) is 18.2 Å². The van der Waals surface area contributed by atoms with Crippen LogP contribution in [0.5, 0.6) is 0 Å². The van der Waals surface area contributed by atoms with E-state index in [9.17, 15) is 4.79 Å². The number of hydrogen-bond donors (Lipinski definition) is 2. The van der Waals surface area contributed by atoms with E-state index in [2.05, 4.69) is 20.1 Å². The Bertz CT molecular complexity index is 932. The van der Waals surface area contributed by atoms with Crippen LogP contribution in [-0.4, -0.2) is 21.7 Å². The first kappa shape index (κ1) is 16.8. The number of nitrogens with one attached hydrogen (secondary N) is 2. The summed E-state index contributed by atoms with van der Waals surface area (Å²) in [6.07, 6.45) is 1.66. The Balaban J connectivity index is 1.80. The van der Waals surface area contributed by atoms with E-state index in [0.717, 1.165) is 34.0 Å². The molecule has 0 saturated heterocycles. The number of nitrogens with zero attached hydrogens (tertiary/aromatic N) is 2. The third kappa shape index (κ3) is 3.40. The lowest BCUT2D eigenvalue weighted by molar-refractivity contribution is 0.0954. The summed E-state index contributed by atoms with van der Waals surface area (Å²) >= 11 is 0. The first-order valence-corrected chi connectivity index (χ1v) is 8.21. The molecule has 2 heterocycles. The molecule has 0 radical (unpaired) electrons. The Morgan fingerprint density at radius 3 is 2.48 bits per heavy atom. The van der Waals surface area contributed by atoms with E-state index in [-0.39, 0.29) is 5.91 Å². The maximum atomic E-state index is 12.5. The molecule has 0 aliphatic rings. The van der Waals surface area contributed by atoms with Gasteiger partial charge in [-0.05, 0) is 52.0 Å². The predicted octanol–water partition coefficient (Wildman–Crippen LogP) is 3.80. The monoisotopic (exact) mass is 334 g/mol. The molecule has 25 heavy (non-hydrogen) atoms. The summed E-state index contributed by atoms with van der Waals surface area (Å²) in [6.45, 7) is 7.90. The Labute approximate surface area is 147 Å². The average molecular weight is 334 g/mol. The largest absolute Gasteiger partial charge is 0.362 e. The van der Waals surface area contributed by atoms with Crippen LogP contribution in [0.1, 0.15) is 38.7 Å². The minimum absolute atomic E-state index is 0.212. The van der Waals surface area contributed by atoms with Gasteiger partial charge in [0, 0.05) is 34.0 Å². The molecule has 1 amide bonds. The van der Waals surface area contributed by atoms with Crippen molar-refractivity contribution in [2.45, 2.75) is 27.7 Å². The van der Waals surface area contributed by atoms with Gasteiger partial charge in [-0.15, -0.1) is 0 Å². The van der Waals surface area contributed by atoms with Gasteiger partial charge in [0.05, 0.1) is 11.8 Å². The molecular weight excluding hydrogens is 312 g/mol. The standard InChI is InChI=1S/C20H22N4O/c1-13-10-17(15(3)22-13)12-21-23-20(25)19-11-14(2)24(16(19)4)18-8-6-5-7-9-18/h5-12,22H,1-4H3,(H,23,25)/b21-12+. The molecule has 2 N–H and O–H groups in total.